The molecule has 5 rings (SSSR count). The van der Waals surface area contributed by atoms with Gasteiger partial charge in [-0.1, -0.05) is 76.6 Å². The molecule has 0 aromatic heterocycles. The highest BCUT2D eigenvalue weighted by Crippen LogP contribution is 2.45. The Hall–Kier alpha value is -3.90. The van der Waals surface area contributed by atoms with Crippen LogP contribution in [0.2, 0.25) is 0 Å². The Balaban J connectivity index is 1.32. The fourth-order valence-corrected chi connectivity index (χ4v) is 11.6. The summed E-state index contributed by atoms with van der Waals surface area (Å²) in [5.41, 5.74) is 1.66. The van der Waals surface area contributed by atoms with Crippen molar-refractivity contribution in [1.82, 2.24) is 9.80 Å². The van der Waals surface area contributed by atoms with Crippen molar-refractivity contribution in [2.45, 2.75) is 187 Å². The maximum Gasteiger partial charge on any atom is 0.329 e. The second-order valence-corrected chi connectivity index (χ2v) is 21.8. The third-order valence-electron chi connectivity index (χ3n) is 16.2. The molecular weight excluding hydrogens is 925 g/mol. The number of hydrogen-bond donors (Lipinski definition) is 3. The normalized spacial score (nSPS) is 33.0. The summed E-state index contributed by atoms with van der Waals surface area (Å²) in [6.45, 7) is 16.0. The van der Waals surface area contributed by atoms with E-state index in [2.05, 4.69) is 19.9 Å². The minimum atomic E-state index is -2.34. The Bertz CT molecular complexity index is 2020. The van der Waals surface area contributed by atoms with E-state index in [9.17, 15) is 44.1 Å². The Labute approximate surface area is 427 Å². The number of esters is 2. The maximum atomic E-state index is 14.3. The lowest BCUT2D eigenvalue weighted by Gasteiger charge is -2.50. The number of carbonyl (C=O) groups excluding carboxylic acids is 6. The van der Waals surface area contributed by atoms with Crippen LogP contribution in [0.4, 0.5) is 0 Å². The number of methoxy groups -OCH3 is 2. The van der Waals surface area contributed by atoms with Crippen LogP contribution in [0.1, 0.15) is 132 Å². The molecule has 1 aliphatic carbocycles. The third kappa shape index (κ3) is 15.1. The molecular formula is C56H86N2O14. The van der Waals surface area contributed by atoms with Gasteiger partial charge in [-0.25, -0.2) is 4.79 Å². The highest BCUT2D eigenvalue weighted by atomic mass is 16.6. The number of ketones is 3. The molecule has 0 aromatic carbocycles. The van der Waals surface area contributed by atoms with E-state index in [0.29, 0.717) is 82.9 Å². The molecule has 0 radical (unpaired) electrons. The van der Waals surface area contributed by atoms with Gasteiger partial charge in [0.05, 0.1) is 24.9 Å². The fourth-order valence-electron chi connectivity index (χ4n) is 11.6. The summed E-state index contributed by atoms with van der Waals surface area (Å²) in [6, 6.07) is -1.14. The van der Waals surface area contributed by atoms with E-state index in [0.717, 1.165) is 6.42 Å². The molecule has 72 heavy (non-hydrogen) atoms. The van der Waals surface area contributed by atoms with Gasteiger partial charge in [0.2, 0.25) is 5.79 Å². The van der Waals surface area contributed by atoms with Crippen LogP contribution in [0, 0.1) is 41.4 Å². The standard InChI is InChI=1S/C56H86N2O14/c1-11-33(2)16-13-12-14-17-34(3)26-36(5)50(62)52(69-10)51(63)37(6)27-35(4)44(60)30-46-43(28-40-21-22-45(47(29-40)68-9)70-48(61)32-57-25-23-41(59)31-57)42-18-15-24-58(49(42)55(66)71-46)54(65)53(64)56(67)38(7)19-20-39(8)72-56/h12-14,16-17,27,34-36,38-43,45-47,49,51-52,59,63,67H,11,15,18-26,28-32H2,1-10H3/b13-12+,17-14+,33-16+,37-27+/t34-,35-,36?,38?,39-,40?,41?,42?,43+,45-,46+,47?,49?,51?,52+,56?/m1/s1. The molecule has 5 aliphatic rings. The lowest BCUT2D eigenvalue weighted by molar-refractivity contribution is -0.260. The van der Waals surface area contributed by atoms with Crippen LogP contribution in [0.5, 0.6) is 0 Å². The van der Waals surface area contributed by atoms with Crippen LogP contribution in [-0.2, 0) is 52.5 Å². The third-order valence-corrected chi connectivity index (χ3v) is 16.2. The summed E-state index contributed by atoms with van der Waals surface area (Å²) in [6.07, 6.45) is 12.6. The number of allylic oxidation sites excluding steroid dienone is 7. The van der Waals surface area contributed by atoms with Crippen LogP contribution < -0.4 is 0 Å². The van der Waals surface area contributed by atoms with Gasteiger partial charge in [-0.2, -0.15) is 0 Å². The second-order valence-electron chi connectivity index (χ2n) is 21.8. The molecule has 16 atom stereocenters. The first-order valence-electron chi connectivity index (χ1n) is 26.7. The van der Waals surface area contributed by atoms with E-state index < -0.39 is 102 Å². The quantitative estimate of drug-likeness (QED) is 0.0461. The van der Waals surface area contributed by atoms with Crippen molar-refractivity contribution >= 4 is 35.2 Å². The lowest BCUT2D eigenvalue weighted by Crippen LogP contribution is -2.64. The number of amides is 1. The van der Waals surface area contributed by atoms with Gasteiger partial charge in [0.25, 0.3) is 11.7 Å². The van der Waals surface area contributed by atoms with Gasteiger partial charge in [0.1, 0.15) is 36.2 Å². The number of likely N-dealkylation sites (tertiary alicyclic amines) is 2. The Morgan fingerprint density at radius 2 is 1.68 bits per heavy atom. The number of ether oxygens (including phenoxy) is 5. The zero-order chi connectivity index (χ0) is 53.0. The minimum Gasteiger partial charge on any atom is -0.460 e. The van der Waals surface area contributed by atoms with Crippen LogP contribution in [0.25, 0.3) is 0 Å². The summed E-state index contributed by atoms with van der Waals surface area (Å²) >= 11 is 0. The Kier molecular flexibility index (Phi) is 22.2. The van der Waals surface area contributed by atoms with Crippen LogP contribution in [0.15, 0.2) is 47.6 Å². The molecule has 5 fully saturated rings. The fraction of sp³-hybridized carbons (Fsp3) is 0.750. The average molecular weight is 1010 g/mol. The first kappa shape index (κ1) is 59.0. The van der Waals surface area contributed by atoms with E-state index >= 15 is 0 Å². The smallest absolute Gasteiger partial charge is 0.329 e. The molecule has 404 valence electrons. The molecule has 16 nitrogen and oxygen atoms in total. The van der Waals surface area contributed by atoms with Crippen LogP contribution in [0.3, 0.4) is 0 Å². The highest BCUT2D eigenvalue weighted by Gasteiger charge is 2.56. The van der Waals surface area contributed by atoms with Crippen LogP contribution >= 0.6 is 0 Å². The monoisotopic (exact) mass is 1010 g/mol. The molecule has 16 heteroatoms. The number of β-amino-alcohol motifs (C(OH)–C–C–N with tert-alkyl or cyclic N) is 1. The molecule has 1 amide bonds. The topological polar surface area (TPSA) is 216 Å². The first-order chi connectivity index (χ1) is 34.1. The predicted molar refractivity (Wildman–Crippen MR) is 270 cm³/mol. The summed E-state index contributed by atoms with van der Waals surface area (Å²) < 4.78 is 29.4. The van der Waals surface area contributed by atoms with Gasteiger partial charge >= 0.3 is 11.9 Å². The number of aliphatic hydroxyl groups is 3. The van der Waals surface area contributed by atoms with E-state index in [1.54, 1.807) is 40.9 Å². The van der Waals surface area contributed by atoms with E-state index in [1.165, 1.54) is 17.6 Å². The summed E-state index contributed by atoms with van der Waals surface area (Å²) in [4.78, 5) is 86.5. The molecule has 0 aromatic rings. The molecule has 4 heterocycles. The van der Waals surface area contributed by atoms with Crippen molar-refractivity contribution in [3.8, 4) is 0 Å². The SMILES string of the molecule is CC/C(C)=C/C=C/C=C/[C@@H](C)CC(C)C(=O)[C@H](OC)C(O)/C(C)=C/[C@@H](C)C(=O)C[C@@H]1OC(=O)C2C(CCCN2C(=O)C(=O)C2(O)O[C@H](C)CCC2C)[C@@H]1CC1CC[C@@H](OC(=O)CN2CCC(O)C2)C(OC)C1. The van der Waals surface area contributed by atoms with E-state index in [1.807, 2.05) is 43.1 Å². The van der Waals surface area contributed by atoms with Gasteiger partial charge in [-0.05, 0) is 115 Å². The van der Waals surface area contributed by atoms with Crippen molar-refractivity contribution in [3.05, 3.63) is 47.6 Å². The number of aliphatic hydroxyl groups excluding tert-OH is 2. The lowest BCUT2D eigenvalue weighted by atomic mass is 9.68. The van der Waals surface area contributed by atoms with Crippen LogP contribution in [-0.4, -0.2) is 155 Å². The van der Waals surface area contributed by atoms with Crippen molar-refractivity contribution in [2.24, 2.45) is 41.4 Å². The maximum absolute atomic E-state index is 14.3. The van der Waals surface area contributed by atoms with Gasteiger partial charge < -0.3 is 43.9 Å². The number of Topliss-reactive ketones (excluding diaryl/α,β-unsaturated/α-hetero) is 3. The summed E-state index contributed by atoms with van der Waals surface area (Å²) in [5, 5.41) is 33.0. The zero-order valence-corrected chi connectivity index (χ0v) is 44.7. The Morgan fingerprint density at radius 3 is 2.35 bits per heavy atom. The summed E-state index contributed by atoms with van der Waals surface area (Å²) in [5.74, 6) is -8.80. The van der Waals surface area contributed by atoms with Crippen molar-refractivity contribution in [1.29, 1.82) is 0 Å². The molecule has 9 unspecified atom stereocenters. The zero-order valence-electron chi connectivity index (χ0n) is 44.7. The molecule has 1 saturated carbocycles. The highest BCUT2D eigenvalue weighted by molar-refractivity contribution is 6.39. The minimum absolute atomic E-state index is 0.0150. The van der Waals surface area contributed by atoms with E-state index in [4.69, 9.17) is 23.7 Å². The molecule has 0 bridgehead atoms. The average Bonchev–Trinajstić information content (AvgIpc) is 3.76. The van der Waals surface area contributed by atoms with Gasteiger partial charge in [-0.15, -0.1) is 0 Å². The van der Waals surface area contributed by atoms with Crippen molar-refractivity contribution in [2.75, 3.05) is 40.4 Å². The Morgan fingerprint density at radius 1 is 0.944 bits per heavy atom. The number of cyclic esters (lactones) is 1. The number of fused-ring (bicyclic) bond motifs is 1. The molecule has 0 spiro atoms. The number of piperidine rings is 1. The molecule has 4 saturated heterocycles. The number of nitrogens with zero attached hydrogens (tertiary/aromatic N) is 2. The number of carbonyl (C=O) groups is 6. The number of rotatable bonds is 23. The second kappa shape index (κ2) is 27.1. The van der Waals surface area contributed by atoms with Crippen molar-refractivity contribution < 1.29 is 67.8 Å². The van der Waals surface area contributed by atoms with Gasteiger partial charge in [0.15, 0.2) is 5.78 Å². The number of hydrogen-bond acceptors (Lipinski definition) is 15. The predicted octanol–water partition coefficient (Wildman–Crippen LogP) is 6.03. The van der Waals surface area contributed by atoms with Gasteiger partial charge in [-0.3, -0.25) is 28.9 Å². The molecule has 3 N–H and O–H groups in total. The van der Waals surface area contributed by atoms with E-state index in [-0.39, 0.29) is 48.9 Å². The first-order valence-corrected chi connectivity index (χ1v) is 26.7. The summed E-state index contributed by atoms with van der Waals surface area (Å²) in [7, 11) is 2.95. The molecule has 4 aliphatic heterocycles. The van der Waals surface area contributed by atoms with Gasteiger partial charge in [0, 0.05) is 63.9 Å². The van der Waals surface area contributed by atoms with Crippen molar-refractivity contribution in [3.63, 3.8) is 0 Å². The largest absolute Gasteiger partial charge is 0.460 e.